The number of hydrogen-bond acceptors (Lipinski definition) is 3. The van der Waals surface area contributed by atoms with Gasteiger partial charge in [-0.25, -0.2) is 8.78 Å². The Morgan fingerprint density at radius 2 is 1.92 bits per heavy atom. The van der Waals surface area contributed by atoms with E-state index in [0.717, 1.165) is 17.7 Å². The van der Waals surface area contributed by atoms with E-state index in [1.165, 1.54) is 12.1 Å². The first-order chi connectivity index (χ1) is 12.4. The van der Waals surface area contributed by atoms with Crippen LogP contribution in [0.25, 0.3) is 6.08 Å². The number of hydrogen-bond donors (Lipinski definition) is 1. The van der Waals surface area contributed by atoms with Crippen molar-refractivity contribution in [2.45, 2.75) is 19.9 Å². The first-order valence-corrected chi connectivity index (χ1v) is 8.19. The Labute approximate surface area is 151 Å². The van der Waals surface area contributed by atoms with Gasteiger partial charge >= 0.3 is 0 Å². The third-order valence-electron chi connectivity index (χ3n) is 3.72. The molecule has 0 aliphatic carbocycles. The van der Waals surface area contributed by atoms with Crippen molar-refractivity contribution in [2.24, 2.45) is 0 Å². The molecule has 0 aromatic heterocycles. The molecule has 2 rings (SSSR count). The van der Waals surface area contributed by atoms with Gasteiger partial charge in [0.15, 0.2) is 23.1 Å². The van der Waals surface area contributed by atoms with Crippen molar-refractivity contribution >= 4 is 12.0 Å². The maximum Gasteiger partial charge on any atom is 0.244 e. The van der Waals surface area contributed by atoms with Crippen LogP contribution in [0, 0.1) is 11.6 Å². The van der Waals surface area contributed by atoms with Gasteiger partial charge in [0.1, 0.15) is 0 Å². The second-order valence-corrected chi connectivity index (χ2v) is 5.58. The first kappa shape index (κ1) is 19.4. The van der Waals surface area contributed by atoms with Gasteiger partial charge in [0.2, 0.25) is 5.91 Å². The fraction of sp³-hybridized carbons (Fsp3) is 0.250. The molecule has 1 N–H and O–H groups in total. The van der Waals surface area contributed by atoms with Crippen LogP contribution in [0.1, 0.15) is 31.0 Å². The third kappa shape index (κ3) is 5.05. The number of carbonyl (C=O) groups excluding carboxylic acids is 1. The van der Waals surface area contributed by atoms with Gasteiger partial charge in [0.05, 0.1) is 19.8 Å². The molecule has 4 nitrogen and oxygen atoms in total. The van der Waals surface area contributed by atoms with Crippen molar-refractivity contribution in [1.82, 2.24) is 5.32 Å². The number of nitrogens with one attached hydrogen (secondary N) is 1. The van der Waals surface area contributed by atoms with Gasteiger partial charge in [-0.15, -0.1) is 0 Å². The summed E-state index contributed by atoms with van der Waals surface area (Å²) in [6, 6.07) is 8.41. The Kier molecular flexibility index (Phi) is 6.72. The molecule has 138 valence electrons. The van der Waals surface area contributed by atoms with Crippen molar-refractivity contribution in [2.75, 3.05) is 13.7 Å². The lowest BCUT2D eigenvalue weighted by atomic mass is 10.1. The lowest BCUT2D eigenvalue weighted by Crippen LogP contribution is -2.24. The van der Waals surface area contributed by atoms with E-state index in [-0.39, 0.29) is 5.91 Å². The average molecular weight is 361 g/mol. The largest absolute Gasteiger partial charge is 0.493 e. The van der Waals surface area contributed by atoms with E-state index in [0.29, 0.717) is 23.7 Å². The van der Waals surface area contributed by atoms with Gasteiger partial charge in [0.25, 0.3) is 0 Å². The van der Waals surface area contributed by atoms with Crippen LogP contribution in [-0.4, -0.2) is 19.6 Å². The summed E-state index contributed by atoms with van der Waals surface area (Å²) in [5.74, 6) is -1.01. The number of carbonyl (C=O) groups is 1. The Bertz CT molecular complexity index is 806. The summed E-state index contributed by atoms with van der Waals surface area (Å²) >= 11 is 0. The van der Waals surface area contributed by atoms with E-state index in [4.69, 9.17) is 9.47 Å². The smallest absolute Gasteiger partial charge is 0.244 e. The zero-order chi connectivity index (χ0) is 19.1. The monoisotopic (exact) mass is 361 g/mol. The van der Waals surface area contributed by atoms with Crippen molar-refractivity contribution < 1.29 is 23.0 Å². The molecule has 0 saturated carbocycles. The molecule has 0 saturated heterocycles. The molecule has 0 radical (unpaired) electrons. The molecule has 6 heteroatoms. The zero-order valence-electron chi connectivity index (χ0n) is 14.9. The van der Waals surface area contributed by atoms with Crippen LogP contribution in [0.5, 0.6) is 11.5 Å². The number of rotatable bonds is 7. The van der Waals surface area contributed by atoms with E-state index in [2.05, 4.69) is 5.32 Å². The summed E-state index contributed by atoms with van der Waals surface area (Å²) in [7, 11) is 1.54. The molecule has 2 aromatic carbocycles. The maximum atomic E-state index is 13.3. The predicted octanol–water partition coefficient (Wildman–Crippen LogP) is 4.26. The van der Waals surface area contributed by atoms with Crippen LogP contribution >= 0.6 is 0 Å². The normalized spacial score (nSPS) is 12.0. The second-order valence-electron chi connectivity index (χ2n) is 5.58. The molecule has 2 aromatic rings. The van der Waals surface area contributed by atoms with E-state index in [1.54, 1.807) is 38.3 Å². The summed E-state index contributed by atoms with van der Waals surface area (Å²) in [6.07, 6.45) is 3.00. The topological polar surface area (TPSA) is 47.6 Å². The number of ether oxygens (including phenoxy) is 2. The van der Waals surface area contributed by atoms with Crippen LogP contribution in [0.2, 0.25) is 0 Å². The lowest BCUT2D eigenvalue weighted by Gasteiger charge is -2.13. The second kappa shape index (κ2) is 8.99. The van der Waals surface area contributed by atoms with Crippen molar-refractivity contribution in [3.63, 3.8) is 0 Å². The molecule has 0 aliphatic heterocycles. The SMILES string of the molecule is CCOc1ccc(/C=C/C(=O)NC(C)c2ccc(F)c(F)c2)cc1OC. The standard InChI is InChI=1S/C20H21F2NO3/c1-4-26-18-9-5-14(11-19(18)25-3)6-10-20(24)23-13(2)15-7-8-16(21)17(22)12-15/h5-13H,4H2,1-3H3,(H,23,24)/b10-6+. The Morgan fingerprint density at radius 3 is 2.58 bits per heavy atom. The minimum atomic E-state index is -0.944. The molecule has 0 spiro atoms. The molecule has 0 bridgehead atoms. The Hall–Kier alpha value is -2.89. The zero-order valence-corrected chi connectivity index (χ0v) is 14.9. The number of methoxy groups -OCH3 is 1. The Morgan fingerprint density at radius 1 is 1.15 bits per heavy atom. The van der Waals surface area contributed by atoms with Crippen molar-refractivity contribution in [1.29, 1.82) is 0 Å². The molecular weight excluding hydrogens is 340 g/mol. The highest BCUT2D eigenvalue weighted by molar-refractivity contribution is 5.92. The molecule has 1 unspecified atom stereocenters. The van der Waals surface area contributed by atoms with Crippen LogP contribution in [-0.2, 0) is 4.79 Å². The molecule has 0 fully saturated rings. The van der Waals surface area contributed by atoms with Gasteiger partial charge in [-0.05, 0) is 55.3 Å². The molecule has 26 heavy (non-hydrogen) atoms. The van der Waals surface area contributed by atoms with E-state index < -0.39 is 17.7 Å². The number of benzene rings is 2. The van der Waals surface area contributed by atoms with Gasteiger partial charge < -0.3 is 14.8 Å². The van der Waals surface area contributed by atoms with Crippen LogP contribution in [0.3, 0.4) is 0 Å². The lowest BCUT2D eigenvalue weighted by molar-refractivity contribution is -0.117. The number of amides is 1. The third-order valence-corrected chi connectivity index (χ3v) is 3.72. The van der Waals surface area contributed by atoms with Crippen LogP contribution < -0.4 is 14.8 Å². The predicted molar refractivity (Wildman–Crippen MR) is 96.1 cm³/mol. The Balaban J connectivity index is 2.03. The highest BCUT2D eigenvalue weighted by Crippen LogP contribution is 2.28. The highest BCUT2D eigenvalue weighted by atomic mass is 19.2. The summed E-state index contributed by atoms with van der Waals surface area (Å²) in [5.41, 5.74) is 1.24. The van der Waals surface area contributed by atoms with Crippen LogP contribution in [0.4, 0.5) is 8.78 Å². The fourth-order valence-electron chi connectivity index (χ4n) is 2.36. The molecular formula is C20H21F2NO3. The van der Waals surface area contributed by atoms with Crippen LogP contribution in [0.15, 0.2) is 42.5 Å². The first-order valence-electron chi connectivity index (χ1n) is 8.19. The van der Waals surface area contributed by atoms with Gasteiger partial charge in [0, 0.05) is 6.08 Å². The van der Waals surface area contributed by atoms with E-state index >= 15 is 0 Å². The minimum absolute atomic E-state index is 0.352. The van der Waals surface area contributed by atoms with Crippen molar-refractivity contribution in [3.05, 3.63) is 65.2 Å². The van der Waals surface area contributed by atoms with Gasteiger partial charge in [-0.1, -0.05) is 12.1 Å². The van der Waals surface area contributed by atoms with Gasteiger partial charge in [-0.3, -0.25) is 4.79 Å². The minimum Gasteiger partial charge on any atom is -0.493 e. The summed E-state index contributed by atoms with van der Waals surface area (Å²) in [4.78, 5) is 12.1. The fourth-order valence-corrected chi connectivity index (χ4v) is 2.36. The van der Waals surface area contributed by atoms with E-state index in [9.17, 15) is 13.6 Å². The summed E-state index contributed by atoms with van der Waals surface area (Å²) in [6.45, 7) is 4.10. The highest BCUT2D eigenvalue weighted by Gasteiger charge is 2.11. The quantitative estimate of drug-likeness (QED) is 0.750. The van der Waals surface area contributed by atoms with Gasteiger partial charge in [-0.2, -0.15) is 0 Å². The number of halogens is 2. The van der Waals surface area contributed by atoms with Crippen molar-refractivity contribution in [3.8, 4) is 11.5 Å². The molecule has 1 atom stereocenters. The average Bonchev–Trinajstić information content (AvgIpc) is 2.63. The summed E-state index contributed by atoms with van der Waals surface area (Å²) in [5, 5.41) is 2.70. The molecule has 0 aliphatic rings. The molecule has 1 amide bonds. The maximum absolute atomic E-state index is 13.3. The molecule has 0 heterocycles. The summed E-state index contributed by atoms with van der Waals surface area (Å²) < 4.78 is 37.0. The van der Waals surface area contributed by atoms with E-state index in [1.807, 2.05) is 6.92 Å².